The number of piperidine rings is 1. The molecule has 2 heterocycles. The molecule has 7 heteroatoms. The molecule has 0 bridgehead atoms. The molecule has 2 aliphatic heterocycles. The molecule has 0 aliphatic carbocycles. The molecule has 5 nitrogen and oxygen atoms in total. The molecular weight excluding hydrogens is 298 g/mol. The van der Waals surface area contributed by atoms with E-state index in [0.29, 0.717) is 31.4 Å². The normalized spacial score (nSPS) is 32.1. The molecule has 0 aromatic heterocycles. The van der Waals surface area contributed by atoms with E-state index in [-0.39, 0.29) is 6.04 Å². The van der Waals surface area contributed by atoms with E-state index in [0.717, 1.165) is 32.4 Å². The fourth-order valence-corrected chi connectivity index (χ4v) is 5.39. The minimum Gasteiger partial charge on any atom is -0.305 e. The van der Waals surface area contributed by atoms with Crippen molar-refractivity contribution in [2.75, 3.05) is 45.7 Å². The summed E-state index contributed by atoms with van der Waals surface area (Å²) in [7, 11) is -1.29. The summed E-state index contributed by atoms with van der Waals surface area (Å²) in [4.78, 5) is 2.21. The van der Waals surface area contributed by atoms with Gasteiger partial charge in [-0.05, 0) is 45.7 Å². The SMILES string of the molecule is CC1CN(C)CCCN1S(=O)(=O)N1CCCC(CCl)C1. The Bertz CT molecular complexity index is 418. The lowest BCUT2D eigenvalue weighted by molar-refractivity contribution is 0.239. The van der Waals surface area contributed by atoms with Crippen LogP contribution in [0.3, 0.4) is 0 Å². The van der Waals surface area contributed by atoms with E-state index in [2.05, 4.69) is 11.9 Å². The van der Waals surface area contributed by atoms with Crippen molar-refractivity contribution in [2.45, 2.75) is 32.2 Å². The summed E-state index contributed by atoms with van der Waals surface area (Å²) in [6.45, 7) is 5.59. The number of halogens is 1. The van der Waals surface area contributed by atoms with Crippen LogP contribution in [0.2, 0.25) is 0 Å². The van der Waals surface area contributed by atoms with Crippen LogP contribution >= 0.6 is 11.6 Å². The second-order valence-corrected chi connectivity index (χ2v) is 8.29. The third kappa shape index (κ3) is 3.65. The van der Waals surface area contributed by atoms with E-state index >= 15 is 0 Å². The van der Waals surface area contributed by atoms with Gasteiger partial charge in [0.25, 0.3) is 10.2 Å². The Hall–Kier alpha value is 0.120. The molecule has 2 atom stereocenters. The minimum absolute atomic E-state index is 0.0314. The molecule has 0 spiro atoms. The molecule has 118 valence electrons. The first-order valence-corrected chi connectivity index (χ1v) is 9.39. The number of hydrogen-bond donors (Lipinski definition) is 0. The lowest BCUT2D eigenvalue weighted by atomic mass is 10.0. The Morgan fingerprint density at radius 2 is 1.90 bits per heavy atom. The summed E-state index contributed by atoms with van der Waals surface area (Å²) < 4.78 is 29.1. The van der Waals surface area contributed by atoms with E-state index in [4.69, 9.17) is 11.6 Å². The van der Waals surface area contributed by atoms with Crippen LogP contribution in [0.5, 0.6) is 0 Å². The van der Waals surface area contributed by atoms with E-state index in [1.165, 1.54) is 0 Å². The molecular formula is C13H26ClN3O2S. The number of nitrogens with zero attached hydrogens (tertiary/aromatic N) is 3. The zero-order valence-corrected chi connectivity index (χ0v) is 14.0. The molecule has 0 saturated carbocycles. The van der Waals surface area contributed by atoms with Crippen molar-refractivity contribution < 1.29 is 8.42 Å². The van der Waals surface area contributed by atoms with Crippen LogP contribution in [-0.4, -0.2) is 73.6 Å². The van der Waals surface area contributed by atoms with Gasteiger partial charge in [-0.25, -0.2) is 0 Å². The lowest BCUT2D eigenvalue weighted by Gasteiger charge is -2.36. The molecule has 2 unspecified atom stereocenters. The highest BCUT2D eigenvalue weighted by atomic mass is 35.5. The van der Waals surface area contributed by atoms with Gasteiger partial charge in [-0.2, -0.15) is 17.0 Å². The molecule has 0 amide bonds. The van der Waals surface area contributed by atoms with E-state index in [1.54, 1.807) is 8.61 Å². The number of rotatable bonds is 3. The molecule has 20 heavy (non-hydrogen) atoms. The first kappa shape index (κ1) is 16.5. The average Bonchev–Trinajstić information content (AvgIpc) is 2.59. The highest BCUT2D eigenvalue weighted by Crippen LogP contribution is 2.24. The summed E-state index contributed by atoms with van der Waals surface area (Å²) in [5.41, 5.74) is 0. The molecule has 2 fully saturated rings. The first-order valence-electron chi connectivity index (χ1n) is 7.46. The maximum atomic E-state index is 12.9. The Morgan fingerprint density at radius 1 is 1.15 bits per heavy atom. The van der Waals surface area contributed by atoms with Gasteiger partial charge in [0.15, 0.2) is 0 Å². The van der Waals surface area contributed by atoms with Crippen LogP contribution in [0.15, 0.2) is 0 Å². The van der Waals surface area contributed by atoms with Crippen LogP contribution in [0.1, 0.15) is 26.2 Å². The Balaban J connectivity index is 2.12. The van der Waals surface area contributed by atoms with Gasteiger partial charge in [0.2, 0.25) is 0 Å². The topological polar surface area (TPSA) is 43.9 Å². The highest BCUT2D eigenvalue weighted by molar-refractivity contribution is 7.86. The van der Waals surface area contributed by atoms with Gasteiger partial charge in [-0.1, -0.05) is 0 Å². The van der Waals surface area contributed by atoms with Crippen LogP contribution in [-0.2, 0) is 10.2 Å². The van der Waals surface area contributed by atoms with Crippen molar-refractivity contribution in [3.8, 4) is 0 Å². The van der Waals surface area contributed by atoms with Gasteiger partial charge >= 0.3 is 0 Å². The van der Waals surface area contributed by atoms with Crippen molar-refractivity contribution >= 4 is 21.8 Å². The maximum absolute atomic E-state index is 12.9. The van der Waals surface area contributed by atoms with Crippen molar-refractivity contribution in [2.24, 2.45) is 5.92 Å². The standard InChI is InChI=1S/C13H26ClN3O2S/c1-12-10-15(2)6-4-8-17(12)20(18,19)16-7-3-5-13(9-14)11-16/h12-13H,3-11H2,1-2H3. The predicted octanol–water partition coefficient (Wildman–Crippen LogP) is 1.21. The largest absolute Gasteiger partial charge is 0.305 e. The summed E-state index contributed by atoms with van der Waals surface area (Å²) >= 11 is 5.91. The summed E-state index contributed by atoms with van der Waals surface area (Å²) in [6.07, 6.45) is 2.85. The monoisotopic (exact) mass is 323 g/mol. The summed E-state index contributed by atoms with van der Waals surface area (Å²) in [5.74, 6) is 0.842. The smallest absolute Gasteiger partial charge is 0.282 e. The average molecular weight is 324 g/mol. The van der Waals surface area contributed by atoms with Gasteiger partial charge in [0.1, 0.15) is 0 Å². The summed E-state index contributed by atoms with van der Waals surface area (Å²) in [6, 6.07) is 0.0314. The summed E-state index contributed by atoms with van der Waals surface area (Å²) in [5, 5.41) is 0. The molecule has 0 aromatic carbocycles. The Labute approximate surface area is 128 Å². The zero-order chi connectivity index (χ0) is 14.8. The van der Waals surface area contributed by atoms with Gasteiger partial charge in [-0.3, -0.25) is 0 Å². The molecule has 0 radical (unpaired) electrons. The minimum atomic E-state index is -3.34. The third-order valence-electron chi connectivity index (χ3n) is 4.31. The molecule has 0 N–H and O–H groups in total. The van der Waals surface area contributed by atoms with Crippen LogP contribution in [0.4, 0.5) is 0 Å². The van der Waals surface area contributed by atoms with Crippen molar-refractivity contribution in [1.29, 1.82) is 0 Å². The first-order chi connectivity index (χ1) is 9.45. The Kier molecular flexibility index (Phi) is 5.71. The molecule has 0 aromatic rings. The zero-order valence-electron chi connectivity index (χ0n) is 12.5. The molecule has 2 rings (SSSR count). The van der Waals surface area contributed by atoms with E-state index in [1.807, 2.05) is 6.92 Å². The van der Waals surface area contributed by atoms with E-state index in [9.17, 15) is 8.42 Å². The second kappa shape index (κ2) is 6.92. The van der Waals surface area contributed by atoms with Crippen molar-refractivity contribution in [3.63, 3.8) is 0 Å². The quantitative estimate of drug-likeness (QED) is 0.733. The van der Waals surface area contributed by atoms with E-state index < -0.39 is 10.2 Å². The second-order valence-electron chi connectivity index (χ2n) is 6.10. The van der Waals surface area contributed by atoms with Gasteiger partial charge in [0.05, 0.1) is 0 Å². The fourth-order valence-electron chi connectivity index (χ4n) is 3.20. The lowest BCUT2D eigenvalue weighted by Crippen LogP contribution is -2.52. The molecule has 2 aliphatic rings. The van der Waals surface area contributed by atoms with Crippen LogP contribution in [0.25, 0.3) is 0 Å². The van der Waals surface area contributed by atoms with Gasteiger partial charge in [0, 0.05) is 38.1 Å². The number of hydrogen-bond acceptors (Lipinski definition) is 3. The highest BCUT2D eigenvalue weighted by Gasteiger charge is 2.36. The number of likely N-dealkylation sites (N-methyl/N-ethyl adjacent to an activating group) is 1. The van der Waals surface area contributed by atoms with Gasteiger partial charge < -0.3 is 4.90 Å². The third-order valence-corrected chi connectivity index (χ3v) is 6.86. The van der Waals surface area contributed by atoms with Crippen molar-refractivity contribution in [3.05, 3.63) is 0 Å². The fraction of sp³-hybridized carbons (Fsp3) is 1.00. The van der Waals surface area contributed by atoms with Crippen molar-refractivity contribution in [1.82, 2.24) is 13.5 Å². The Morgan fingerprint density at radius 3 is 2.60 bits per heavy atom. The molecule has 2 saturated heterocycles. The van der Waals surface area contributed by atoms with Gasteiger partial charge in [-0.15, -0.1) is 11.6 Å². The van der Waals surface area contributed by atoms with Crippen LogP contribution < -0.4 is 0 Å². The predicted molar refractivity (Wildman–Crippen MR) is 82.2 cm³/mol. The number of alkyl halides is 1. The maximum Gasteiger partial charge on any atom is 0.282 e. The van der Waals surface area contributed by atoms with Crippen LogP contribution in [0, 0.1) is 5.92 Å².